The van der Waals surface area contributed by atoms with E-state index < -0.39 is 5.97 Å². The number of ether oxygens (including phenoxy) is 1. The van der Waals surface area contributed by atoms with Crippen LogP contribution in [0, 0.1) is 6.92 Å². The Morgan fingerprint density at radius 1 is 1.22 bits per heavy atom. The first-order valence-corrected chi connectivity index (χ1v) is 12.7. The van der Waals surface area contributed by atoms with Crippen molar-refractivity contribution in [2.45, 2.75) is 32.5 Å². The van der Waals surface area contributed by atoms with Gasteiger partial charge in [0.15, 0.2) is 16.1 Å². The molecule has 166 valence electrons. The molecule has 1 aromatic carbocycles. The summed E-state index contributed by atoms with van der Waals surface area (Å²) in [4.78, 5) is 29.1. The van der Waals surface area contributed by atoms with Crippen LogP contribution in [-0.2, 0) is 16.1 Å². The molecule has 3 aromatic heterocycles. The molecular formula is C21H21N5O3S3. The summed E-state index contributed by atoms with van der Waals surface area (Å²) in [6.45, 7) is 6.46. The lowest BCUT2D eigenvalue weighted by Crippen LogP contribution is -2.14. The molecule has 3 heterocycles. The van der Waals surface area contributed by atoms with Gasteiger partial charge in [0.05, 0.1) is 18.1 Å². The molecule has 0 spiro atoms. The molecule has 0 aliphatic rings. The first kappa shape index (κ1) is 22.4. The van der Waals surface area contributed by atoms with Crippen LogP contribution in [-0.4, -0.2) is 44.0 Å². The molecule has 1 amide bonds. The third-order valence-electron chi connectivity index (χ3n) is 4.59. The van der Waals surface area contributed by atoms with Gasteiger partial charge in [-0.3, -0.25) is 4.79 Å². The number of thiazole rings is 1. The standard InChI is InChI=1S/C21H21N5O3S3/c1-4-26-18(14-10-30-15-9-7-6-8-13(14)15)24-25-21(26)31-11-16(27)23-20-22-12(3)17(32-20)19(28)29-5-2/h6-10H,4-5,11H2,1-3H3,(H,22,23,27). The minimum atomic E-state index is -0.429. The van der Waals surface area contributed by atoms with Crippen molar-refractivity contribution in [1.82, 2.24) is 19.7 Å². The average molecular weight is 488 g/mol. The van der Waals surface area contributed by atoms with Gasteiger partial charge in [-0.15, -0.1) is 21.5 Å². The number of thioether (sulfide) groups is 1. The second kappa shape index (κ2) is 9.80. The predicted octanol–water partition coefficient (Wildman–Crippen LogP) is 4.85. The first-order chi connectivity index (χ1) is 15.5. The molecule has 0 atom stereocenters. The number of amides is 1. The molecular weight excluding hydrogens is 466 g/mol. The zero-order valence-electron chi connectivity index (χ0n) is 17.7. The fourth-order valence-electron chi connectivity index (χ4n) is 3.15. The van der Waals surface area contributed by atoms with Crippen LogP contribution in [0.1, 0.15) is 29.2 Å². The summed E-state index contributed by atoms with van der Waals surface area (Å²) in [5, 5.41) is 15.8. The van der Waals surface area contributed by atoms with Crippen molar-refractivity contribution in [2.24, 2.45) is 0 Å². The maximum atomic E-state index is 12.5. The molecule has 0 radical (unpaired) electrons. The summed E-state index contributed by atoms with van der Waals surface area (Å²) in [5.74, 6) is 0.285. The van der Waals surface area contributed by atoms with Crippen LogP contribution in [0.15, 0.2) is 34.8 Å². The molecule has 11 heteroatoms. The van der Waals surface area contributed by atoms with E-state index in [1.165, 1.54) is 16.5 Å². The van der Waals surface area contributed by atoms with Gasteiger partial charge in [0.25, 0.3) is 0 Å². The molecule has 0 aliphatic carbocycles. The second-order valence-corrected chi connectivity index (χ2v) is 9.54. The van der Waals surface area contributed by atoms with Crippen molar-refractivity contribution >= 4 is 61.5 Å². The molecule has 4 aromatic rings. The van der Waals surface area contributed by atoms with Crippen molar-refractivity contribution in [2.75, 3.05) is 17.7 Å². The molecule has 1 N–H and O–H groups in total. The van der Waals surface area contributed by atoms with Crippen LogP contribution >= 0.6 is 34.4 Å². The van der Waals surface area contributed by atoms with E-state index >= 15 is 0 Å². The van der Waals surface area contributed by atoms with Gasteiger partial charge in [-0.05, 0) is 26.8 Å². The number of anilines is 1. The summed E-state index contributed by atoms with van der Waals surface area (Å²) < 4.78 is 8.22. The van der Waals surface area contributed by atoms with Crippen molar-refractivity contribution in [3.63, 3.8) is 0 Å². The largest absolute Gasteiger partial charge is 0.462 e. The number of aryl methyl sites for hydroxylation is 1. The quantitative estimate of drug-likeness (QED) is 0.280. The van der Waals surface area contributed by atoms with E-state index in [1.807, 2.05) is 23.6 Å². The lowest BCUT2D eigenvalue weighted by atomic mass is 10.1. The van der Waals surface area contributed by atoms with Crippen LogP contribution in [0.3, 0.4) is 0 Å². The van der Waals surface area contributed by atoms with Crippen molar-refractivity contribution in [1.29, 1.82) is 0 Å². The molecule has 0 bridgehead atoms. The number of hydrogen-bond donors (Lipinski definition) is 1. The van der Waals surface area contributed by atoms with Gasteiger partial charge >= 0.3 is 5.97 Å². The molecule has 0 aliphatic heterocycles. The number of benzene rings is 1. The highest BCUT2D eigenvalue weighted by Crippen LogP contribution is 2.34. The van der Waals surface area contributed by atoms with Crippen molar-refractivity contribution in [3.05, 3.63) is 40.2 Å². The Morgan fingerprint density at radius 3 is 2.81 bits per heavy atom. The highest BCUT2D eigenvalue weighted by molar-refractivity contribution is 7.99. The summed E-state index contributed by atoms with van der Waals surface area (Å²) >= 11 is 4.10. The summed E-state index contributed by atoms with van der Waals surface area (Å²) in [6.07, 6.45) is 0. The lowest BCUT2D eigenvalue weighted by molar-refractivity contribution is -0.113. The Balaban J connectivity index is 1.45. The smallest absolute Gasteiger partial charge is 0.350 e. The van der Waals surface area contributed by atoms with Crippen LogP contribution < -0.4 is 5.32 Å². The summed E-state index contributed by atoms with van der Waals surface area (Å²) in [6, 6.07) is 8.20. The Hall–Kier alpha value is -2.76. The molecule has 8 nitrogen and oxygen atoms in total. The van der Waals surface area contributed by atoms with Crippen molar-refractivity contribution < 1.29 is 14.3 Å². The Kier molecular flexibility index (Phi) is 6.87. The molecule has 0 fully saturated rings. The molecule has 0 saturated heterocycles. The van der Waals surface area contributed by atoms with E-state index in [2.05, 4.69) is 38.0 Å². The highest BCUT2D eigenvalue weighted by atomic mass is 32.2. The molecule has 4 rings (SSSR count). The number of rotatable bonds is 8. The summed E-state index contributed by atoms with van der Waals surface area (Å²) in [5.41, 5.74) is 1.58. The number of nitrogens with zero attached hydrogens (tertiary/aromatic N) is 4. The highest BCUT2D eigenvalue weighted by Gasteiger charge is 2.19. The Morgan fingerprint density at radius 2 is 2.03 bits per heavy atom. The number of aromatic nitrogens is 4. The van der Waals surface area contributed by atoms with Gasteiger partial charge in [-0.2, -0.15) is 0 Å². The number of esters is 1. The van der Waals surface area contributed by atoms with E-state index in [9.17, 15) is 9.59 Å². The second-order valence-electron chi connectivity index (χ2n) is 6.69. The SMILES string of the molecule is CCOC(=O)c1sc(NC(=O)CSc2nnc(-c3csc4ccccc34)n2CC)nc1C. The van der Waals surface area contributed by atoms with Gasteiger partial charge < -0.3 is 14.6 Å². The fraction of sp³-hybridized carbons (Fsp3) is 0.286. The number of thiophene rings is 1. The van der Waals surface area contributed by atoms with E-state index in [1.54, 1.807) is 25.2 Å². The number of hydrogen-bond acceptors (Lipinski definition) is 9. The van der Waals surface area contributed by atoms with E-state index in [4.69, 9.17) is 4.74 Å². The summed E-state index contributed by atoms with van der Waals surface area (Å²) in [7, 11) is 0. The number of fused-ring (bicyclic) bond motifs is 1. The zero-order valence-corrected chi connectivity index (χ0v) is 20.2. The predicted molar refractivity (Wildman–Crippen MR) is 129 cm³/mol. The van der Waals surface area contributed by atoms with Gasteiger partial charge in [0, 0.05) is 27.6 Å². The number of carbonyl (C=O) groups excluding carboxylic acids is 2. The maximum Gasteiger partial charge on any atom is 0.350 e. The van der Waals surface area contributed by atoms with Gasteiger partial charge in [-0.25, -0.2) is 9.78 Å². The Bertz CT molecular complexity index is 1280. The first-order valence-electron chi connectivity index (χ1n) is 9.98. The van der Waals surface area contributed by atoms with Crippen LogP contribution in [0.4, 0.5) is 5.13 Å². The third-order valence-corrected chi connectivity index (χ3v) is 7.57. The fourth-order valence-corrected chi connectivity index (χ4v) is 5.77. The zero-order chi connectivity index (χ0) is 22.7. The van der Waals surface area contributed by atoms with Crippen LogP contribution in [0.5, 0.6) is 0 Å². The minimum absolute atomic E-state index is 0.149. The van der Waals surface area contributed by atoms with Crippen molar-refractivity contribution in [3.8, 4) is 11.4 Å². The van der Waals surface area contributed by atoms with Crippen LogP contribution in [0.25, 0.3) is 21.5 Å². The third kappa shape index (κ3) is 4.54. The maximum absolute atomic E-state index is 12.5. The monoisotopic (exact) mass is 487 g/mol. The van der Waals surface area contributed by atoms with E-state index in [-0.39, 0.29) is 18.3 Å². The van der Waals surface area contributed by atoms with Gasteiger partial charge in [-0.1, -0.05) is 41.3 Å². The lowest BCUT2D eigenvalue weighted by Gasteiger charge is -2.07. The topological polar surface area (TPSA) is 99.0 Å². The minimum Gasteiger partial charge on any atom is -0.462 e. The van der Waals surface area contributed by atoms with E-state index in [0.29, 0.717) is 27.4 Å². The molecule has 32 heavy (non-hydrogen) atoms. The number of carbonyl (C=O) groups is 2. The molecule has 0 unspecified atom stereocenters. The normalized spacial score (nSPS) is 11.1. The number of nitrogens with one attached hydrogen (secondary N) is 1. The van der Waals surface area contributed by atoms with Crippen LogP contribution in [0.2, 0.25) is 0 Å². The average Bonchev–Trinajstić information content (AvgIpc) is 3.48. The Labute approximate surface area is 197 Å². The molecule has 0 saturated carbocycles. The van der Waals surface area contributed by atoms with Gasteiger partial charge in [0.2, 0.25) is 5.91 Å². The van der Waals surface area contributed by atoms with Gasteiger partial charge in [0.1, 0.15) is 4.88 Å². The van der Waals surface area contributed by atoms with E-state index in [0.717, 1.165) is 28.1 Å².